The zero-order chi connectivity index (χ0) is 15.1. The van der Waals surface area contributed by atoms with Crippen LogP contribution < -0.4 is 10.9 Å². The molecule has 0 aliphatic rings. The summed E-state index contributed by atoms with van der Waals surface area (Å²) in [4.78, 5) is 16.5. The van der Waals surface area contributed by atoms with Gasteiger partial charge in [0.2, 0.25) is 0 Å². The van der Waals surface area contributed by atoms with Crippen molar-refractivity contribution in [2.75, 3.05) is 0 Å². The van der Waals surface area contributed by atoms with Gasteiger partial charge >= 0.3 is 0 Å². The Morgan fingerprint density at radius 3 is 2.70 bits per heavy atom. The molecule has 0 atom stereocenters. The van der Waals surface area contributed by atoms with Crippen LogP contribution in [0.25, 0.3) is 5.65 Å². The maximum atomic E-state index is 12.1. The van der Waals surface area contributed by atoms with Gasteiger partial charge in [-0.3, -0.25) is 9.89 Å². The zero-order valence-electron chi connectivity index (χ0n) is 12.8. The van der Waals surface area contributed by atoms with Gasteiger partial charge in [-0.05, 0) is 19.9 Å². The molecule has 0 bridgehead atoms. The average molecular weight is 274 g/mol. The molecule has 5 nitrogen and oxygen atoms in total. The molecule has 0 saturated carbocycles. The number of nitrogens with one attached hydrogen (secondary N) is 2. The summed E-state index contributed by atoms with van der Waals surface area (Å²) in [7, 11) is 0. The van der Waals surface area contributed by atoms with Crippen molar-refractivity contribution in [1.82, 2.24) is 19.9 Å². The van der Waals surface area contributed by atoms with Crippen molar-refractivity contribution in [1.29, 1.82) is 0 Å². The topological polar surface area (TPSA) is 62.2 Å². The SMILES string of the molecule is C=C(NCc1c(=O)[nH]n2c(C)cc(C)nc12)C(C)(C)C. The maximum Gasteiger partial charge on any atom is 0.271 e. The van der Waals surface area contributed by atoms with Crippen molar-refractivity contribution in [3.63, 3.8) is 0 Å². The number of aromatic nitrogens is 3. The van der Waals surface area contributed by atoms with Crippen LogP contribution in [0.3, 0.4) is 0 Å². The van der Waals surface area contributed by atoms with E-state index in [-0.39, 0.29) is 11.0 Å². The minimum Gasteiger partial charge on any atom is -0.384 e. The third-order valence-corrected chi connectivity index (χ3v) is 3.41. The molecule has 0 aliphatic carbocycles. The summed E-state index contributed by atoms with van der Waals surface area (Å²) in [5.74, 6) is 0. The number of H-pyrrole nitrogens is 1. The Morgan fingerprint density at radius 1 is 1.45 bits per heavy atom. The minimum absolute atomic E-state index is 0.0401. The van der Waals surface area contributed by atoms with E-state index in [0.29, 0.717) is 17.8 Å². The molecule has 2 N–H and O–H groups in total. The molecule has 20 heavy (non-hydrogen) atoms. The van der Waals surface area contributed by atoms with Gasteiger partial charge in [-0.15, -0.1) is 0 Å². The Balaban J connectivity index is 2.38. The van der Waals surface area contributed by atoms with Crippen molar-refractivity contribution < 1.29 is 0 Å². The summed E-state index contributed by atoms with van der Waals surface area (Å²) >= 11 is 0. The number of hydrogen-bond donors (Lipinski definition) is 2. The fourth-order valence-electron chi connectivity index (χ4n) is 2.02. The van der Waals surface area contributed by atoms with Gasteiger partial charge in [0, 0.05) is 29.0 Å². The number of aryl methyl sites for hydroxylation is 2. The minimum atomic E-state index is -0.111. The van der Waals surface area contributed by atoms with Crippen LogP contribution in [-0.4, -0.2) is 14.6 Å². The molecule has 0 unspecified atom stereocenters. The zero-order valence-corrected chi connectivity index (χ0v) is 12.8. The molecule has 108 valence electrons. The lowest BCUT2D eigenvalue weighted by atomic mass is 9.93. The molecule has 0 aliphatic heterocycles. The van der Waals surface area contributed by atoms with Crippen molar-refractivity contribution in [3.8, 4) is 0 Å². The van der Waals surface area contributed by atoms with Gasteiger partial charge in [0.1, 0.15) is 0 Å². The number of aromatic amines is 1. The highest BCUT2D eigenvalue weighted by Gasteiger charge is 2.17. The molecule has 0 saturated heterocycles. The second-order valence-electron chi connectivity index (χ2n) is 6.20. The van der Waals surface area contributed by atoms with E-state index in [4.69, 9.17) is 0 Å². The quantitative estimate of drug-likeness (QED) is 0.902. The second kappa shape index (κ2) is 4.81. The number of allylic oxidation sites excluding steroid dienone is 1. The highest BCUT2D eigenvalue weighted by Crippen LogP contribution is 2.21. The van der Waals surface area contributed by atoms with E-state index < -0.39 is 0 Å². The van der Waals surface area contributed by atoms with Crippen molar-refractivity contribution in [3.05, 3.63) is 45.6 Å². The maximum absolute atomic E-state index is 12.1. The molecule has 2 rings (SSSR count). The lowest BCUT2D eigenvalue weighted by Gasteiger charge is -2.22. The fourth-order valence-corrected chi connectivity index (χ4v) is 2.02. The van der Waals surface area contributed by atoms with Gasteiger partial charge in [0.15, 0.2) is 5.65 Å². The van der Waals surface area contributed by atoms with E-state index in [9.17, 15) is 4.79 Å². The van der Waals surface area contributed by atoms with Crippen molar-refractivity contribution in [2.24, 2.45) is 5.41 Å². The predicted molar refractivity (Wildman–Crippen MR) is 80.7 cm³/mol. The van der Waals surface area contributed by atoms with Crippen LogP contribution in [-0.2, 0) is 6.54 Å². The third kappa shape index (κ3) is 2.61. The third-order valence-electron chi connectivity index (χ3n) is 3.41. The van der Waals surface area contributed by atoms with Gasteiger partial charge in [-0.1, -0.05) is 27.4 Å². The Kier molecular flexibility index (Phi) is 3.46. The molecule has 0 fully saturated rings. The highest BCUT2D eigenvalue weighted by molar-refractivity contribution is 5.48. The highest BCUT2D eigenvalue weighted by atomic mass is 16.1. The largest absolute Gasteiger partial charge is 0.384 e. The van der Waals surface area contributed by atoms with Gasteiger partial charge in [0.05, 0.1) is 5.56 Å². The number of rotatable bonds is 3. The van der Waals surface area contributed by atoms with Crippen LogP contribution >= 0.6 is 0 Å². The van der Waals surface area contributed by atoms with E-state index in [1.165, 1.54) is 0 Å². The average Bonchev–Trinajstić information content (AvgIpc) is 2.62. The van der Waals surface area contributed by atoms with E-state index in [1.807, 2.05) is 19.9 Å². The molecule has 0 radical (unpaired) electrons. The molecular formula is C15H22N4O. The molecule has 2 aromatic rings. The van der Waals surface area contributed by atoms with Crippen LogP contribution in [0.5, 0.6) is 0 Å². The monoisotopic (exact) mass is 274 g/mol. The lowest BCUT2D eigenvalue weighted by molar-refractivity contribution is 0.461. The molecule has 0 spiro atoms. The summed E-state index contributed by atoms with van der Waals surface area (Å²) in [5, 5.41) is 6.04. The fraction of sp³-hybridized carbons (Fsp3) is 0.467. The Bertz CT molecular complexity index is 716. The van der Waals surface area contributed by atoms with E-state index in [2.05, 4.69) is 42.7 Å². The summed E-state index contributed by atoms with van der Waals surface area (Å²) in [6.07, 6.45) is 0. The summed E-state index contributed by atoms with van der Waals surface area (Å²) in [5.41, 5.74) is 3.94. The second-order valence-corrected chi connectivity index (χ2v) is 6.20. The first kappa shape index (κ1) is 14.4. The Morgan fingerprint density at radius 2 is 2.10 bits per heavy atom. The van der Waals surface area contributed by atoms with Crippen LogP contribution in [0.1, 0.15) is 37.7 Å². The summed E-state index contributed by atoms with van der Waals surface area (Å²) < 4.78 is 1.73. The predicted octanol–water partition coefficient (Wildman–Crippen LogP) is 2.29. The van der Waals surface area contributed by atoms with Gasteiger partial charge in [0.25, 0.3) is 5.56 Å². The molecule has 0 amide bonds. The van der Waals surface area contributed by atoms with Gasteiger partial charge in [-0.25, -0.2) is 9.50 Å². The summed E-state index contributed by atoms with van der Waals surface area (Å²) in [6.45, 7) is 14.6. The molecule has 0 aromatic carbocycles. The first-order valence-corrected chi connectivity index (χ1v) is 6.71. The van der Waals surface area contributed by atoms with Gasteiger partial charge < -0.3 is 5.32 Å². The number of fused-ring (bicyclic) bond motifs is 1. The van der Waals surface area contributed by atoms with E-state index >= 15 is 0 Å². The lowest BCUT2D eigenvalue weighted by Crippen LogP contribution is -2.25. The molecule has 2 aromatic heterocycles. The van der Waals surface area contributed by atoms with Crippen LogP contribution in [0.2, 0.25) is 0 Å². The van der Waals surface area contributed by atoms with Crippen LogP contribution in [0, 0.1) is 19.3 Å². The van der Waals surface area contributed by atoms with Crippen molar-refractivity contribution in [2.45, 2.75) is 41.2 Å². The Labute approximate surface area is 118 Å². The molecule has 2 heterocycles. The molecular weight excluding hydrogens is 252 g/mol. The van der Waals surface area contributed by atoms with Crippen molar-refractivity contribution >= 4 is 5.65 Å². The normalized spacial score (nSPS) is 11.8. The molecule has 5 heteroatoms. The van der Waals surface area contributed by atoms with Gasteiger partial charge in [-0.2, -0.15) is 0 Å². The number of hydrogen-bond acceptors (Lipinski definition) is 3. The summed E-state index contributed by atoms with van der Waals surface area (Å²) in [6, 6.07) is 1.94. The van der Waals surface area contributed by atoms with E-state index in [0.717, 1.165) is 17.1 Å². The first-order chi connectivity index (χ1) is 9.20. The standard InChI is InChI=1S/C15H22N4O/c1-9-7-10(2)19-13(17-9)12(14(20)18-19)8-16-11(3)15(4,5)6/h7,16H,3,8H2,1-2,4-6H3,(H,18,20). The number of nitrogens with zero attached hydrogens (tertiary/aromatic N) is 2. The Hall–Kier alpha value is -2.04. The van der Waals surface area contributed by atoms with Crippen LogP contribution in [0.15, 0.2) is 23.1 Å². The van der Waals surface area contributed by atoms with E-state index in [1.54, 1.807) is 4.52 Å². The smallest absolute Gasteiger partial charge is 0.271 e. The van der Waals surface area contributed by atoms with Crippen LogP contribution in [0.4, 0.5) is 0 Å². The first-order valence-electron chi connectivity index (χ1n) is 6.71.